The van der Waals surface area contributed by atoms with Crippen molar-refractivity contribution in [1.82, 2.24) is 15.1 Å². The van der Waals surface area contributed by atoms with E-state index in [1.165, 1.54) is 0 Å². The van der Waals surface area contributed by atoms with E-state index in [2.05, 4.69) is 17.1 Å². The van der Waals surface area contributed by atoms with Gasteiger partial charge in [-0.2, -0.15) is 0 Å². The van der Waals surface area contributed by atoms with Gasteiger partial charge in [0.05, 0.1) is 0 Å². The van der Waals surface area contributed by atoms with Crippen LogP contribution in [0.2, 0.25) is 0 Å². The van der Waals surface area contributed by atoms with Gasteiger partial charge in [0.25, 0.3) is 0 Å². The second kappa shape index (κ2) is 8.19. The number of likely N-dealkylation sites (N-methyl/N-ethyl adjacent to an activating group) is 1. The van der Waals surface area contributed by atoms with Gasteiger partial charge in [-0.1, -0.05) is 6.92 Å². The molecule has 122 valence electrons. The molecule has 0 bridgehead atoms. The first-order valence-electron chi connectivity index (χ1n) is 7.30. The van der Waals surface area contributed by atoms with Crippen molar-refractivity contribution >= 4 is 12.0 Å². The first-order chi connectivity index (χ1) is 9.86. The summed E-state index contributed by atoms with van der Waals surface area (Å²) in [6.45, 7) is 3.87. The van der Waals surface area contributed by atoms with E-state index in [0.717, 1.165) is 0 Å². The van der Waals surface area contributed by atoms with Gasteiger partial charge < -0.3 is 25.0 Å². The minimum absolute atomic E-state index is 0.295. The monoisotopic (exact) mass is 301 g/mol. The van der Waals surface area contributed by atoms with E-state index < -0.39 is 12.0 Å². The van der Waals surface area contributed by atoms with Gasteiger partial charge in [-0.15, -0.1) is 0 Å². The normalized spacial score (nSPS) is 23.4. The second-order valence-corrected chi connectivity index (χ2v) is 5.89. The quantitative estimate of drug-likeness (QED) is 0.668. The Kier molecular flexibility index (Phi) is 6.91. The molecule has 7 nitrogen and oxygen atoms in total. The van der Waals surface area contributed by atoms with Crippen molar-refractivity contribution in [2.45, 2.75) is 31.8 Å². The van der Waals surface area contributed by atoms with Crippen molar-refractivity contribution in [2.24, 2.45) is 5.92 Å². The number of hydrogen-bond acceptors (Lipinski definition) is 4. The molecule has 0 aromatic carbocycles. The molecular formula is C14H27N3O4. The standard InChI is InChI=1S/C14H27N3O4/c1-10-8-17(9-12(10)16(2)3)14(20)15-11(13(18)19)6-5-7-21-4/h10-12H,5-9H2,1-4H3,(H,15,20)(H,18,19). The number of nitrogens with one attached hydrogen (secondary N) is 1. The Labute approximate surface area is 126 Å². The maximum atomic E-state index is 12.2. The van der Waals surface area contributed by atoms with Crippen LogP contribution in [0.15, 0.2) is 0 Å². The third-order valence-corrected chi connectivity index (χ3v) is 3.96. The smallest absolute Gasteiger partial charge is 0.326 e. The van der Waals surface area contributed by atoms with E-state index in [1.54, 1.807) is 12.0 Å². The predicted molar refractivity (Wildman–Crippen MR) is 79.3 cm³/mol. The van der Waals surface area contributed by atoms with Gasteiger partial charge in [-0.05, 0) is 32.9 Å². The lowest BCUT2D eigenvalue weighted by molar-refractivity contribution is -0.139. The van der Waals surface area contributed by atoms with Crippen LogP contribution in [0.5, 0.6) is 0 Å². The zero-order valence-electron chi connectivity index (χ0n) is 13.3. The fraction of sp³-hybridized carbons (Fsp3) is 0.857. The van der Waals surface area contributed by atoms with Crippen LogP contribution >= 0.6 is 0 Å². The highest BCUT2D eigenvalue weighted by atomic mass is 16.5. The molecule has 0 spiro atoms. The molecule has 3 atom stereocenters. The summed E-state index contributed by atoms with van der Waals surface area (Å²) in [5, 5.41) is 11.8. The maximum absolute atomic E-state index is 12.2. The van der Waals surface area contributed by atoms with E-state index in [4.69, 9.17) is 4.74 Å². The van der Waals surface area contributed by atoms with Gasteiger partial charge in [0.1, 0.15) is 6.04 Å². The number of carbonyl (C=O) groups excluding carboxylic acids is 1. The van der Waals surface area contributed by atoms with Crippen molar-refractivity contribution < 1.29 is 19.4 Å². The highest BCUT2D eigenvalue weighted by Gasteiger charge is 2.34. The molecule has 7 heteroatoms. The van der Waals surface area contributed by atoms with Gasteiger partial charge in [0.15, 0.2) is 0 Å². The molecule has 0 aliphatic carbocycles. The van der Waals surface area contributed by atoms with E-state index in [9.17, 15) is 14.7 Å². The third-order valence-electron chi connectivity index (χ3n) is 3.96. The van der Waals surface area contributed by atoms with Crippen LogP contribution in [0.4, 0.5) is 4.79 Å². The summed E-state index contributed by atoms with van der Waals surface area (Å²) in [6, 6.07) is -0.843. The summed E-state index contributed by atoms with van der Waals surface area (Å²) in [5.41, 5.74) is 0. The number of methoxy groups -OCH3 is 1. The number of carboxylic acids is 1. The number of urea groups is 1. The minimum atomic E-state index is -1.00. The van der Waals surface area contributed by atoms with Gasteiger partial charge in [-0.25, -0.2) is 9.59 Å². The molecule has 0 aromatic rings. The number of carbonyl (C=O) groups is 2. The SMILES string of the molecule is COCCCC(NC(=O)N1CC(C)C(N(C)C)C1)C(=O)O. The molecule has 0 aromatic heterocycles. The molecule has 0 saturated carbocycles. The molecule has 2 N–H and O–H groups in total. The van der Waals surface area contributed by atoms with E-state index >= 15 is 0 Å². The first kappa shape index (κ1) is 17.7. The van der Waals surface area contributed by atoms with Crippen molar-refractivity contribution in [2.75, 3.05) is 40.9 Å². The zero-order valence-corrected chi connectivity index (χ0v) is 13.3. The van der Waals surface area contributed by atoms with Crippen molar-refractivity contribution in [3.8, 4) is 0 Å². The average Bonchev–Trinajstić information content (AvgIpc) is 2.79. The highest BCUT2D eigenvalue weighted by Crippen LogP contribution is 2.20. The van der Waals surface area contributed by atoms with Crippen LogP contribution in [0.1, 0.15) is 19.8 Å². The van der Waals surface area contributed by atoms with Gasteiger partial charge in [0, 0.05) is 32.8 Å². The Morgan fingerprint density at radius 3 is 2.57 bits per heavy atom. The van der Waals surface area contributed by atoms with Crippen molar-refractivity contribution in [3.05, 3.63) is 0 Å². The molecule has 1 aliphatic rings. The fourth-order valence-electron chi connectivity index (χ4n) is 2.72. The van der Waals surface area contributed by atoms with Crippen LogP contribution in [0, 0.1) is 5.92 Å². The van der Waals surface area contributed by atoms with Crippen LogP contribution in [0.25, 0.3) is 0 Å². The number of hydrogen-bond donors (Lipinski definition) is 2. The van der Waals surface area contributed by atoms with Gasteiger partial charge in [0.2, 0.25) is 0 Å². The number of ether oxygens (including phenoxy) is 1. The topological polar surface area (TPSA) is 82.1 Å². The number of likely N-dealkylation sites (tertiary alicyclic amines) is 1. The summed E-state index contributed by atoms with van der Waals surface area (Å²) >= 11 is 0. The van der Waals surface area contributed by atoms with Crippen LogP contribution < -0.4 is 5.32 Å². The largest absolute Gasteiger partial charge is 0.480 e. The Morgan fingerprint density at radius 2 is 2.10 bits per heavy atom. The molecule has 1 rings (SSSR count). The van der Waals surface area contributed by atoms with Crippen molar-refractivity contribution in [1.29, 1.82) is 0 Å². The number of carboxylic acid groups (broad SMARTS) is 1. The molecule has 21 heavy (non-hydrogen) atoms. The van der Waals surface area contributed by atoms with E-state index in [1.807, 2.05) is 14.1 Å². The van der Waals surface area contributed by atoms with Crippen LogP contribution in [-0.4, -0.2) is 79.9 Å². The molecule has 1 saturated heterocycles. The summed E-state index contributed by atoms with van der Waals surface area (Å²) in [6.07, 6.45) is 0.972. The Hall–Kier alpha value is -1.34. The molecular weight excluding hydrogens is 274 g/mol. The molecule has 0 radical (unpaired) electrons. The summed E-state index contributed by atoms with van der Waals surface area (Å²) in [5.74, 6) is -0.627. The molecule has 3 unspecified atom stereocenters. The summed E-state index contributed by atoms with van der Waals surface area (Å²) in [7, 11) is 5.56. The van der Waals surface area contributed by atoms with Crippen molar-refractivity contribution in [3.63, 3.8) is 0 Å². The lowest BCUT2D eigenvalue weighted by Crippen LogP contribution is -2.48. The number of nitrogens with zero attached hydrogens (tertiary/aromatic N) is 2. The Morgan fingerprint density at radius 1 is 1.43 bits per heavy atom. The Bertz CT molecular complexity index is 362. The lowest BCUT2D eigenvalue weighted by atomic mass is 10.1. The summed E-state index contributed by atoms with van der Waals surface area (Å²) < 4.78 is 4.91. The predicted octanol–water partition coefficient (Wildman–Crippen LogP) is 0.458. The summed E-state index contributed by atoms with van der Waals surface area (Å²) in [4.78, 5) is 27.2. The van der Waals surface area contributed by atoms with Gasteiger partial charge in [-0.3, -0.25) is 0 Å². The number of amides is 2. The number of aliphatic carboxylic acids is 1. The van der Waals surface area contributed by atoms with Crippen LogP contribution in [0.3, 0.4) is 0 Å². The fourth-order valence-corrected chi connectivity index (χ4v) is 2.72. The maximum Gasteiger partial charge on any atom is 0.326 e. The average molecular weight is 301 g/mol. The number of rotatable bonds is 7. The highest BCUT2D eigenvalue weighted by molar-refractivity contribution is 5.82. The molecule has 2 amide bonds. The molecule has 1 heterocycles. The zero-order chi connectivity index (χ0) is 16.0. The molecule has 1 fully saturated rings. The van der Waals surface area contributed by atoms with Crippen LogP contribution in [-0.2, 0) is 9.53 Å². The van der Waals surface area contributed by atoms with E-state index in [0.29, 0.717) is 44.5 Å². The van der Waals surface area contributed by atoms with E-state index in [-0.39, 0.29) is 6.03 Å². The molecule has 1 aliphatic heterocycles. The minimum Gasteiger partial charge on any atom is -0.480 e. The first-order valence-corrected chi connectivity index (χ1v) is 7.30. The second-order valence-electron chi connectivity index (χ2n) is 5.89. The third kappa shape index (κ3) is 5.17. The Balaban J connectivity index is 2.52. The lowest BCUT2D eigenvalue weighted by Gasteiger charge is -2.23. The van der Waals surface area contributed by atoms with Gasteiger partial charge >= 0.3 is 12.0 Å².